The van der Waals surface area contributed by atoms with E-state index < -0.39 is 10.0 Å². The van der Waals surface area contributed by atoms with Crippen LogP contribution >= 0.6 is 12.4 Å². The van der Waals surface area contributed by atoms with Crippen molar-refractivity contribution < 1.29 is 17.9 Å². The number of nitrogens with one attached hydrogen (secondary N) is 1. The molecule has 7 nitrogen and oxygen atoms in total. The number of benzene rings is 1. The highest BCUT2D eigenvalue weighted by atomic mass is 35.5. The Kier molecular flexibility index (Phi) is 6.36. The lowest BCUT2D eigenvalue weighted by molar-refractivity contribution is -0.0440. The lowest BCUT2D eigenvalue weighted by atomic mass is 10.0. The monoisotopic (exact) mass is 429 g/mol. The van der Waals surface area contributed by atoms with E-state index >= 15 is 0 Å². The summed E-state index contributed by atoms with van der Waals surface area (Å²) in [7, 11) is -3.58. The summed E-state index contributed by atoms with van der Waals surface area (Å²) in [6.45, 7) is 7.95. The Morgan fingerprint density at radius 2 is 1.54 bits per heavy atom. The van der Waals surface area contributed by atoms with Gasteiger partial charge in [0.15, 0.2) is 0 Å². The molecule has 0 spiro atoms. The van der Waals surface area contributed by atoms with Crippen LogP contribution in [-0.2, 0) is 14.8 Å². The maximum Gasteiger partial charge on any atom is 0.253 e. The fourth-order valence-corrected chi connectivity index (χ4v) is 6.04. The molecule has 4 rings (SSSR count). The van der Waals surface area contributed by atoms with Gasteiger partial charge in [-0.2, -0.15) is 4.31 Å². The van der Waals surface area contributed by atoms with Crippen molar-refractivity contribution in [1.29, 1.82) is 0 Å². The Hall–Kier alpha value is -1.19. The number of morpholine rings is 1. The van der Waals surface area contributed by atoms with Crippen LogP contribution in [0, 0.1) is 11.8 Å². The predicted molar refractivity (Wildman–Crippen MR) is 108 cm³/mol. The number of hydrogen-bond donors (Lipinski definition) is 1. The molecule has 3 aliphatic rings. The highest BCUT2D eigenvalue weighted by Crippen LogP contribution is 2.28. The van der Waals surface area contributed by atoms with Crippen LogP contribution < -0.4 is 5.32 Å². The van der Waals surface area contributed by atoms with Crippen molar-refractivity contribution in [2.45, 2.75) is 31.0 Å². The molecule has 3 aliphatic heterocycles. The van der Waals surface area contributed by atoms with E-state index in [1.807, 2.05) is 18.7 Å². The highest BCUT2D eigenvalue weighted by Gasteiger charge is 2.38. The maximum absolute atomic E-state index is 12.9. The Morgan fingerprint density at radius 1 is 1.00 bits per heavy atom. The average molecular weight is 430 g/mol. The van der Waals surface area contributed by atoms with Gasteiger partial charge in [-0.15, -0.1) is 12.4 Å². The first kappa shape index (κ1) is 21.5. The second-order valence-electron chi connectivity index (χ2n) is 7.99. The molecular weight excluding hydrogens is 402 g/mol. The molecule has 0 aromatic heterocycles. The van der Waals surface area contributed by atoms with Crippen molar-refractivity contribution in [1.82, 2.24) is 14.5 Å². The SMILES string of the molecule is CC1CN(S(=O)(=O)c2ccc(C(=O)N3C[C@H]4CNC[C@H]4C3)cc2)CC(C)O1.Cl. The van der Waals surface area contributed by atoms with Crippen LogP contribution in [0.2, 0.25) is 0 Å². The zero-order chi connectivity index (χ0) is 19.2. The largest absolute Gasteiger partial charge is 0.373 e. The number of amides is 1. The Bertz CT molecular complexity index is 795. The van der Waals surface area contributed by atoms with Gasteiger partial charge < -0.3 is 15.0 Å². The van der Waals surface area contributed by atoms with E-state index in [0.29, 0.717) is 30.5 Å². The minimum Gasteiger partial charge on any atom is -0.373 e. The fourth-order valence-electron chi connectivity index (χ4n) is 4.45. The number of rotatable bonds is 3. The number of halogens is 1. The molecule has 0 aliphatic carbocycles. The Balaban J connectivity index is 0.00000225. The maximum atomic E-state index is 12.9. The molecule has 1 aromatic carbocycles. The molecule has 1 amide bonds. The Labute approximate surface area is 172 Å². The van der Waals surface area contributed by atoms with E-state index in [1.54, 1.807) is 24.3 Å². The molecule has 3 heterocycles. The molecule has 156 valence electrons. The number of sulfonamides is 1. The van der Waals surface area contributed by atoms with E-state index in [2.05, 4.69) is 5.32 Å². The van der Waals surface area contributed by atoms with Gasteiger partial charge in [-0.25, -0.2) is 8.42 Å². The number of ether oxygens (including phenoxy) is 1. The van der Waals surface area contributed by atoms with Crippen LogP contribution in [0.15, 0.2) is 29.2 Å². The zero-order valence-corrected chi connectivity index (χ0v) is 17.8. The third-order valence-corrected chi connectivity index (χ3v) is 7.65. The summed E-state index contributed by atoms with van der Waals surface area (Å²) in [5, 5.41) is 3.37. The van der Waals surface area contributed by atoms with Gasteiger partial charge in [0.1, 0.15) is 0 Å². The molecule has 3 saturated heterocycles. The first-order valence-corrected chi connectivity index (χ1v) is 11.0. The van der Waals surface area contributed by atoms with Crippen LogP contribution in [0.5, 0.6) is 0 Å². The van der Waals surface area contributed by atoms with Crippen LogP contribution in [0.3, 0.4) is 0 Å². The average Bonchev–Trinajstić information content (AvgIpc) is 3.22. The zero-order valence-electron chi connectivity index (χ0n) is 16.2. The molecule has 1 N–H and O–H groups in total. The van der Waals surface area contributed by atoms with Gasteiger partial charge in [-0.05, 0) is 49.9 Å². The van der Waals surface area contributed by atoms with Crippen molar-refractivity contribution >= 4 is 28.3 Å². The molecule has 28 heavy (non-hydrogen) atoms. The van der Waals surface area contributed by atoms with Gasteiger partial charge in [0.25, 0.3) is 5.91 Å². The van der Waals surface area contributed by atoms with Crippen molar-refractivity contribution in [3.63, 3.8) is 0 Å². The topological polar surface area (TPSA) is 79.0 Å². The third kappa shape index (κ3) is 4.07. The summed E-state index contributed by atoms with van der Waals surface area (Å²) in [5.41, 5.74) is 0.547. The minimum atomic E-state index is -3.58. The normalized spacial score (nSPS) is 30.7. The Morgan fingerprint density at radius 3 is 2.07 bits per heavy atom. The molecule has 3 fully saturated rings. The van der Waals surface area contributed by atoms with E-state index in [0.717, 1.165) is 26.2 Å². The second-order valence-corrected chi connectivity index (χ2v) is 9.93. The molecule has 4 atom stereocenters. The molecule has 0 radical (unpaired) electrons. The van der Waals surface area contributed by atoms with Crippen molar-refractivity contribution in [2.24, 2.45) is 11.8 Å². The fraction of sp³-hybridized carbons (Fsp3) is 0.632. The molecule has 0 bridgehead atoms. The first-order valence-electron chi connectivity index (χ1n) is 9.60. The predicted octanol–water partition coefficient (Wildman–Crippen LogP) is 1.20. The van der Waals surface area contributed by atoms with Crippen LogP contribution in [-0.4, -0.2) is 75.0 Å². The third-order valence-electron chi connectivity index (χ3n) is 5.80. The van der Waals surface area contributed by atoms with Gasteiger partial charge in [0.05, 0.1) is 17.1 Å². The summed E-state index contributed by atoms with van der Waals surface area (Å²) >= 11 is 0. The molecule has 2 unspecified atom stereocenters. The van der Waals surface area contributed by atoms with Gasteiger partial charge in [0, 0.05) is 44.8 Å². The minimum absolute atomic E-state index is 0. The van der Waals surface area contributed by atoms with Gasteiger partial charge in [0.2, 0.25) is 10.0 Å². The molecule has 1 aromatic rings. The summed E-state index contributed by atoms with van der Waals surface area (Å²) in [4.78, 5) is 14.9. The van der Waals surface area contributed by atoms with Crippen molar-refractivity contribution in [3.8, 4) is 0 Å². The van der Waals surface area contributed by atoms with E-state index in [4.69, 9.17) is 4.74 Å². The quantitative estimate of drug-likeness (QED) is 0.781. The number of hydrogen-bond acceptors (Lipinski definition) is 5. The molecule has 9 heteroatoms. The van der Waals surface area contributed by atoms with Crippen LogP contribution in [0.1, 0.15) is 24.2 Å². The number of nitrogens with zero attached hydrogens (tertiary/aromatic N) is 2. The van der Waals surface area contributed by atoms with E-state index in [9.17, 15) is 13.2 Å². The summed E-state index contributed by atoms with van der Waals surface area (Å²) in [6, 6.07) is 6.36. The van der Waals surface area contributed by atoms with Crippen LogP contribution in [0.4, 0.5) is 0 Å². The standard InChI is InChI=1S/C19H27N3O4S.ClH/c1-13-9-22(10-14(2)26-13)27(24,25)18-5-3-15(4-6-18)19(23)21-11-16-7-20-8-17(16)12-21;/h3-6,13-14,16-17,20H,7-12H2,1-2H3;1H/t13?,14?,16-,17+;. The van der Waals surface area contributed by atoms with Crippen molar-refractivity contribution in [2.75, 3.05) is 39.3 Å². The smallest absolute Gasteiger partial charge is 0.253 e. The van der Waals surface area contributed by atoms with Crippen molar-refractivity contribution in [3.05, 3.63) is 29.8 Å². The lowest BCUT2D eigenvalue weighted by Crippen LogP contribution is -2.48. The first-order chi connectivity index (χ1) is 12.8. The molecule has 0 saturated carbocycles. The number of carbonyl (C=O) groups is 1. The van der Waals surface area contributed by atoms with Gasteiger partial charge >= 0.3 is 0 Å². The summed E-state index contributed by atoms with van der Waals surface area (Å²) in [6.07, 6.45) is -0.262. The summed E-state index contributed by atoms with van der Waals surface area (Å²) in [5.74, 6) is 1.07. The number of fused-ring (bicyclic) bond motifs is 1. The summed E-state index contributed by atoms with van der Waals surface area (Å²) < 4.78 is 32.9. The second kappa shape index (κ2) is 8.28. The highest BCUT2D eigenvalue weighted by molar-refractivity contribution is 7.89. The van der Waals surface area contributed by atoms with Gasteiger partial charge in [-0.1, -0.05) is 0 Å². The van der Waals surface area contributed by atoms with E-state index in [-0.39, 0.29) is 35.4 Å². The molecular formula is C19H28ClN3O4S. The van der Waals surface area contributed by atoms with E-state index in [1.165, 1.54) is 4.31 Å². The lowest BCUT2D eigenvalue weighted by Gasteiger charge is -2.34. The van der Waals surface area contributed by atoms with Gasteiger partial charge in [-0.3, -0.25) is 4.79 Å². The number of likely N-dealkylation sites (tertiary alicyclic amines) is 1. The number of carbonyl (C=O) groups excluding carboxylic acids is 1. The van der Waals surface area contributed by atoms with Crippen LogP contribution in [0.25, 0.3) is 0 Å².